The van der Waals surface area contributed by atoms with Gasteiger partial charge in [0.25, 0.3) is 15.6 Å². The van der Waals surface area contributed by atoms with E-state index in [4.69, 9.17) is 0 Å². The van der Waals surface area contributed by atoms with Crippen LogP contribution in [-0.4, -0.2) is 18.0 Å². The number of hydrogen-bond donors (Lipinski definition) is 2. The van der Waals surface area contributed by atoms with Crippen molar-refractivity contribution in [3.8, 4) is 11.1 Å². The zero-order valence-corrected chi connectivity index (χ0v) is 16.2. The maximum atomic E-state index is 12.8. The molecule has 0 unspecified atom stereocenters. The zero-order valence-electron chi connectivity index (χ0n) is 15.4. The molecule has 0 amide bonds. The van der Waals surface area contributed by atoms with Crippen LogP contribution in [0.5, 0.6) is 0 Å². The molecule has 7 nitrogen and oxygen atoms in total. The molecule has 0 saturated carbocycles. The first-order valence-corrected chi connectivity index (χ1v) is 10.2. The van der Waals surface area contributed by atoms with Gasteiger partial charge in [-0.25, -0.2) is 13.2 Å². The predicted molar refractivity (Wildman–Crippen MR) is 112 cm³/mol. The molecule has 146 valence electrons. The monoisotopic (exact) mass is 407 g/mol. The second kappa shape index (κ2) is 7.06. The number of anilines is 1. The summed E-state index contributed by atoms with van der Waals surface area (Å²) >= 11 is 0. The van der Waals surface area contributed by atoms with Crippen LogP contribution in [0.2, 0.25) is 0 Å². The van der Waals surface area contributed by atoms with Crippen molar-refractivity contribution in [1.82, 2.24) is 9.55 Å². The van der Waals surface area contributed by atoms with E-state index in [1.165, 1.54) is 29.8 Å². The zero-order chi connectivity index (χ0) is 20.6. The Balaban J connectivity index is 1.67. The van der Waals surface area contributed by atoms with Gasteiger partial charge in [0.05, 0.1) is 15.8 Å². The summed E-state index contributed by atoms with van der Waals surface area (Å²) in [7, 11) is -2.41. The van der Waals surface area contributed by atoms with Gasteiger partial charge in [-0.05, 0) is 41.5 Å². The molecular weight excluding hydrogens is 390 g/mol. The fourth-order valence-corrected chi connectivity index (χ4v) is 4.17. The molecule has 0 atom stereocenters. The summed E-state index contributed by atoms with van der Waals surface area (Å²) < 4.78 is 29.3. The molecule has 1 aromatic heterocycles. The van der Waals surface area contributed by atoms with E-state index >= 15 is 0 Å². The van der Waals surface area contributed by atoms with Gasteiger partial charge < -0.3 is 0 Å². The predicted octanol–water partition coefficient (Wildman–Crippen LogP) is 2.69. The van der Waals surface area contributed by atoms with Crippen LogP contribution in [0, 0.1) is 0 Å². The van der Waals surface area contributed by atoms with Crippen LogP contribution in [0.1, 0.15) is 0 Å². The third-order valence-corrected chi connectivity index (χ3v) is 6.03. The Labute approximate surface area is 166 Å². The molecular formula is C21H17N3O4S. The van der Waals surface area contributed by atoms with Crippen molar-refractivity contribution >= 4 is 26.6 Å². The van der Waals surface area contributed by atoms with Crippen LogP contribution in [0.3, 0.4) is 0 Å². The fraction of sp³-hybridized carbons (Fsp3) is 0.0476. The lowest BCUT2D eigenvalue weighted by atomic mass is 10.1. The summed E-state index contributed by atoms with van der Waals surface area (Å²) in [5.74, 6) is 0. The topological polar surface area (TPSA) is 101 Å². The second-order valence-corrected chi connectivity index (χ2v) is 8.23. The van der Waals surface area contributed by atoms with Gasteiger partial charge in [0.2, 0.25) is 0 Å². The van der Waals surface area contributed by atoms with E-state index in [0.717, 1.165) is 11.1 Å². The van der Waals surface area contributed by atoms with Crippen molar-refractivity contribution in [2.45, 2.75) is 4.90 Å². The normalized spacial score (nSPS) is 11.5. The molecule has 0 aliphatic rings. The highest BCUT2D eigenvalue weighted by atomic mass is 32.2. The lowest BCUT2D eigenvalue weighted by Gasteiger charge is -2.10. The quantitative estimate of drug-likeness (QED) is 0.543. The van der Waals surface area contributed by atoms with Gasteiger partial charge >= 0.3 is 5.69 Å². The molecule has 2 N–H and O–H groups in total. The van der Waals surface area contributed by atoms with E-state index in [-0.39, 0.29) is 10.3 Å². The molecule has 0 spiro atoms. The van der Waals surface area contributed by atoms with E-state index in [1.54, 1.807) is 12.1 Å². The summed E-state index contributed by atoms with van der Waals surface area (Å²) in [6, 6.07) is 20.8. The molecule has 3 aromatic carbocycles. The number of hydrogen-bond acceptors (Lipinski definition) is 4. The fourth-order valence-electron chi connectivity index (χ4n) is 3.09. The van der Waals surface area contributed by atoms with Crippen LogP contribution in [0.4, 0.5) is 5.69 Å². The van der Waals surface area contributed by atoms with Crippen molar-refractivity contribution < 1.29 is 8.42 Å². The minimum atomic E-state index is -3.91. The van der Waals surface area contributed by atoms with Crippen LogP contribution >= 0.6 is 0 Å². The van der Waals surface area contributed by atoms with E-state index in [2.05, 4.69) is 9.71 Å². The molecule has 8 heteroatoms. The lowest BCUT2D eigenvalue weighted by Crippen LogP contribution is -2.28. The van der Waals surface area contributed by atoms with Gasteiger partial charge in [-0.1, -0.05) is 42.5 Å². The Morgan fingerprint density at radius 2 is 1.52 bits per heavy atom. The Bertz CT molecular complexity index is 1420. The third-order valence-electron chi connectivity index (χ3n) is 4.65. The second-order valence-electron chi connectivity index (χ2n) is 6.55. The average molecular weight is 407 g/mol. The molecule has 0 fully saturated rings. The number of sulfonamides is 1. The molecule has 1 heterocycles. The highest BCUT2D eigenvalue weighted by molar-refractivity contribution is 7.92. The molecule has 0 radical (unpaired) electrons. The number of benzene rings is 3. The summed E-state index contributed by atoms with van der Waals surface area (Å²) in [6.07, 6.45) is 0. The Morgan fingerprint density at radius 1 is 0.862 bits per heavy atom. The number of rotatable bonds is 4. The average Bonchev–Trinajstić information content (AvgIpc) is 2.73. The number of aromatic nitrogens is 2. The summed E-state index contributed by atoms with van der Waals surface area (Å²) in [5.41, 5.74) is 1.55. The maximum absolute atomic E-state index is 12.8. The van der Waals surface area contributed by atoms with Crippen LogP contribution in [0.15, 0.2) is 87.3 Å². The molecule has 4 rings (SSSR count). The van der Waals surface area contributed by atoms with Gasteiger partial charge in [0.15, 0.2) is 0 Å². The number of aromatic amines is 1. The van der Waals surface area contributed by atoms with Crippen molar-refractivity contribution in [2.75, 3.05) is 4.72 Å². The van der Waals surface area contributed by atoms with E-state index in [0.29, 0.717) is 11.2 Å². The van der Waals surface area contributed by atoms with Crippen LogP contribution in [-0.2, 0) is 17.1 Å². The largest absolute Gasteiger partial charge is 0.328 e. The first-order valence-electron chi connectivity index (χ1n) is 8.76. The summed E-state index contributed by atoms with van der Waals surface area (Å²) in [5, 5.41) is 0.120. The molecule has 0 aliphatic heterocycles. The van der Waals surface area contributed by atoms with Gasteiger partial charge in [0, 0.05) is 12.7 Å². The summed E-state index contributed by atoms with van der Waals surface area (Å²) in [6.45, 7) is 0. The standard InChI is InChI=1S/C21H17N3O4S/c1-24-19-12-11-17(13-18(19)20(25)22-21(24)26)29(27,28)23-16-9-7-15(8-10-16)14-5-3-2-4-6-14/h2-13,23H,1H3,(H,22,25,26). The smallest absolute Gasteiger partial charge is 0.296 e. The highest BCUT2D eigenvalue weighted by Gasteiger charge is 2.16. The van der Waals surface area contributed by atoms with Gasteiger partial charge in [-0.2, -0.15) is 0 Å². The van der Waals surface area contributed by atoms with Crippen molar-refractivity contribution in [3.05, 3.63) is 93.6 Å². The minimum Gasteiger partial charge on any atom is -0.296 e. The van der Waals surface area contributed by atoms with Crippen molar-refractivity contribution in [1.29, 1.82) is 0 Å². The number of aryl methyl sites for hydroxylation is 1. The number of fused-ring (bicyclic) bond motifs is 1. The first-order chi connectivity index (χ1) is 13.8. The number of nitrogens with one attached hydrogen (secondary N) is 2. The Kier molecular flexibility index (Phi) is 4.56. The Hall–Kier alpha value is -3.65. The van der Waals surface area contributed by atoms with Gasteiger partial charge in [0.1, 0.15) is 0 Å². The summed E-state index contributed by atoms with van der Waals surface area (Å²) in [4.78, 5) is 25.9. The number of H-pyrrole nitrogens is 1. The minimum absolute atomic E-state index is 0.0683. The maximum Gasteiger partial charge on any atom is 0.328 e. The third kappa shape index (κ3) is 3.57. The van der Waals surface area contributed by atoms with E-state index in [9.17, 15) is 18.0 Å². The lowest BCUT2D eigenvalue weighted by molar-refractivity contribution is 0.601. The molecule has 4 aromatic rings. The van der Waals surface area contributed by atoms with Crippen molar-refractivity contribution in [3.63, 3.8) is 0 Å². The van der Waals surface area contributed by atoms with Gasteiger partial charge in [-0.15, -0.1) is 0 Å². The van der Waals surface area contributed by atoms with E-state index in [1.807, 2.05) is 42.5 Å². The van der Waals surface area contributed by atoms with Crippen LogP contribution < -0.4 is 16.0 Å². The first kappa shape index (κ1) is 18.7. The molecule has 0 aliphatic carbocycles. The SMILES string of the molecule is Cn1c(=O)[nH]c(=O)c2cc(S(=O)(=O)Nc3ccc(-c4ccccc4)cc3)ccc21. The Morgan fingerprint density at radius 3 is 2.21 bits per heavy atom. The molecule has 0 saturated heterocycles. The van der Waals surface area contributed by atoms with Crippen molar-refractivity contribution in [2.24, 2.45) is 7.05 Å². The molecule has 29 heavy (non-hydrogen) atoms. The highest BCUT2D eigenvalue weighted by Crippen LogP contribution is 2.23. The number of nitrogens with zero attached hydrogens (tertiary/aromatic N) is 1. The van der Waals surface area contributed by atoms with Crippen LogP contribution in [0.25, 0.3) is 22.0 Å². The van der Waals surface area contributed by atoms with E-state index < -0.39 is 21.3 Å². The van der Waals surface area contributed by atoms with Gasteiger partial charge in [-0.3, -0.25) is 19.1 Å². The molecule has 0 bridgehead atoms.